The Balaban J connectivity index is 3.48. The van der Waals surface area contributed by atoms with E-state index in [1.807, 2.05) is 0 Å². The molecule has 0 bridgehead atoms. The standard InChI is InChI=1S/C13H17F5N2/c1-3-7(4-2)20(6-5-19)13-11(17)9(15)8(14)10(16)12(13)18/h7H,3-6,19H2,1-2H3. The summed E-state index contributed by atoms with van der Waals surface area (Å²) in [5.74, 6) is -9.66. The lowest BCUT2D eigenvalue weighted by Gasteiger charge is -2.33. The van der Waals surface area contributed by atoms with Crippen molar-refractivity contribution in [3.63, 3.8) is 0 Å². The molecule has 0 aliphatic rings. The molecule has 114 valence electrons. The molecule has 2 nitrogen and oxygen atoms in total. The molecule has 0 heterocycles. The van der Waals surface area contributed by atoms with Crippen LogP contribution in [0.1, 0.15) is 26.7 Å². The summed E-state index contributed by atoms with van der Waals surface area (Å²) in [6, 6.07) is -0.355. The number of nitrogens with two attached hydrogens (primary N) is 1. The molecule has 0 aliphatic carbocycles. The van der Waals surface area contributed by atoms with E-state index < -0.39 is 34.8 Å². The van der Waals surface area contributed by atoms with Gasteiger partial charge in [0, 0.05) is 19.1 Å². The zero-order valence-corrected chi connectivity index (χ0v) is 11.3. The maximum Gasteiger partial charge on any atom is 0.200 e. The molecule has 0 amide bonds. The average molecular weight is 296 g/mol. The quantitative estimate of drug-likeness (QED) is 0.495. The van der Waals surface area contributed by atoms with Crippen LogP contribution in [0.4, 0.5) is 27.6 Å². The number of anilines is 1. The molecule has 0 radical (unpaired) electrons. The number of benzene rings is 1. The van der Waals surface area contributed by atoms with Gasteiger partial charge in [-0.15, -0.1) is 0 Å². The molecule has 0 saturated heterocycles. The van der Waals surface area contributed by atoms with Crippen LogP contribution < -0.4 is 10.6 Å². The smallest absolute Gasteiger partial charge is 0.200 e. The Kier molecular flexibility index (Phi) is 5.74. The minimum atomic E-state index is -2.15. The van der Waals surface area contributed by atoms with E-state index in [4.69, 9.17) is 5.73 Å². The van der Waals surface area contributed by atoms with E-state index in [0.29, 0.717) is 12.8 Å². The van der Waals surface area contributed by atoms with Gasteiger partial charge in [0.1, 0.15) is 5.69 Å². The summed E-state index contributed by atoms with van der Waals surface area (Å²) in [5.41, 5.74) is 4.47. The highest BCUT2D eigenvalue weighted by molar-refractivity contribution is 5.51. The second-order valence-corrected chi connectivity index (χ2v) is 4.37. The maximum absolute atomic E-state index is 13.8. The topological polar surface area (TPSA) is 29.3 Å². The van der Waals surface area contributed by atoms with Crippen molar-refractivity contribution in [1.29, 1.82) is 0 Å². The predicted molar refractivity (Wildman–Crippen MR) is 67.0 cm³/mol. The maximum atomic E-state index is 13.8. The third-order valence-electron chi connectivity index (χ3n) is 3.23. The molecule has 2 N–H and O–H groups in total. The Hall–Kier alpha value is -1.37. The molecule has 0 aromatic heterocycles. The van der Waals surface area contributed by atoms with Crippen molar-refractivity contribution in [2.75, 3.05) is 18.0 Å². The predicted octanol–water partition coefficient (Wildman–Crippen LogP) is 3.34. The third-order valence-corrected chi connectivity index (χ3v) is 3.23. The molecule has 1 rings (SSSR count). The van der Waals surface area contributed by atoms with E-state index in [1.54, 1.807) is 13.8 Å². The monoisotopic (exact) mass is 296 g/mol. The number of hydrogen-bond acceptors (Lipinski definition) is 2. The highest BCUT2D eigenvalue weighted by Gasteiger charge is 2.30. The largest absolute Gasteiger partial charge is 0.362 e. The summed E-state index contributed by atoms with van der Waals surface area (Å²) in [4.78, 5) is 1.15. The lowest BCUT2D eigenvalue weighted by atomic mass is 10.1. The van der Waals surface area contributed by atoms with Gasteiger partial charge in [-0.25, -0.2) is 22.0 Å². The average Bonchev–Trinajstić information content (AvgIpc) is 2.44. The van der Waals surface area contributed by atoms with Crippen LogP contribution in [0.3, 0.4) is 0 Å². The van der Waals surface area contributed by atoms with Gasteiger partial charge in [0.15, 0.2) is 23.3 Å². The molecular weight excluding hydrogens is 279 g/mol. The number of hydrogen-bond donors (Lipinski definition) is 1. The molecule has 1 aromatic rings. The summed E-state index contributed by atoms with van der Waals surface area (Å²) in [7, 11) is 0. The second-order valence-electron chi connectivity index (χ2n) is 4.37. The molecule has 0 fully saturated rings. The van der Waals surface area contributed by atoms with Gasteiger partial charge >= 0.3 is 0 Å². The molecule has 0 unspecified atom stereocenters. The summed E-state index contributed by atoms with van der Waals surface area (Å²) in [5, 5.41) is 0. The second kappa shape index (κ2) is 6.88. The van der Waals surface area contributed by atoms with Gasteiger partial charge < -0.3 is 10.6 Å². The highest BCUT2D eigenvalue weighted by atomic mass is 19.2. The Bertz CT molecular complexity index is 445. The summed E-state index contributed by atoms with van der Waals surface area (Å²) >= 11 is 0. The molecule has 7 heteroatoms. The van der Waals surface area contributed by atoms with E-state index in [2.05, 4.69) is 0 Å². The third kappa shape index (κ3) is 2.87. The molecule has 20 heavy (non-hydrogen) atoms. The molecule has 0 atom stereocenters. The van der Waals surface area contributed by atoms with E-state index >= 15 is 0 Å². The first-order valence-corrected chi connectivity index (χ1v) is 6.38. The van der Waals surface area contributed by atoms with Crippen molar-refractivity contribution >= 4 is 5.69 Å². The van der Waals surface area contributed by atoms with Gasteiger partial charge in [0.05, 0.1) is 0 Å². The van der Waals surface area contributed by atoms with Crippen LogP contribution in [-0.4, -0.2) is 19.1 Å². The van der Waals surface area contributed by atoms with Crippen LogP contribution >= 0.6 is 0 Å². The molecule has 0 spiro atoms. The van der Waals surface area contributed by atoms with Crippen LogP contribution in [0.2, 0.25) is 0 Å². The Morgan fingerprint density at radius 2 is 1.25 bits per heavy atom. The number of nitrogens with zero attached hydrogens (tertiary/aromatic N) is 1. The highest BCUT2D eigenvalue weighted by Crippen LogP contribution is 2.32. The Morgan fingerprint density at radius 1 is 0.850 bits per heavy atom. The van der Waals surface area contributed by atoms with Crippen molar-refractivity contribution < 1.29 is 22.0 Å². The minimum absolute atomic E-state index is 0.00466. The summed E-state index contributed by atoms with van der Waals surface area (Å²) < 4.78 is 67.2. The lowest BCUT2D eigenvalue weighted by Crippen LogP contribution is -2.40. The van der Waals surface area contributed by atoms with E-state index in [-0.39, 0.29) is 19.1 Å². The molecule has 0 saturated carbocycles. The minimum Gasteiger partial charge on any atom is -0.362 e. The van der Waals surface area contributed by atoms with Gasteiger partial charge in [0.25, 0.3) is 0 Å². The Labute approximate surface area is 114 Å². The first kappa shape index (κ1) is 16.7. The van der Waals surface area contributed by atoms with Crippen LogP contribution in [-0.2, 0) is 0 Å². The fourth-order valence-corrected chi connectivity index (χ4v) is 2.19. The van der Waals surface area contributed by atoms with Gasteiger partial charge in [-0.3, -0.25) is 0 Å². The van der Waals surface area contributed by atoms with Crippen LogP contribution in [0, 0.1) is 29.1 Å². The van der Waals surface area contributed by atoms with Gasteiger partial charge in [-0.2, -0.15) is 0 Å². The van der Waals surface area contributed by atoms with Gasteiger partial charge in [-0.1, -0.05) is 13.8 Å². The molecular formula is C13H17F5N2. The SMILES string of the molecule is CCC(CC)N(CCN)c1c(F)c(F)c(F)c(F)c1F. The fraction of sp³-hybridized carbons (Fsp3) is 0.538. The molecule has 0 aliphatic heterocycles. The molecule has 1 aromatic carbocycles. The summed E-state index contributed by atoms with van der Waals surface area (Å²) in [6.07, 6.45) is 0.992. The van der Waals surface area contributed by atoms with Crippen molar-refractivity contribution in [3.8, 4) is 0 Å². The van der Waals surface area contributed by atoms with Gasteiger partial charge in [-0.05, 0) is 12.8 Å². The van der Waals surface area contributed by atoms with Crippen molar-refractivity contribution in [1.82, 2.24) is 0 Å². The van der Waals surface area contributed by atoms with Crippen molar-refractivity contribution in [2.45, 2.75) is 32.7 Å². The van der Waals surface area contributed by atoms with Gasteiger partial charge in [0.2, 0.25) is 5.82 Å². The first-order chi connectivity index (χ1) is 9.40. The van der Waals surface area contributed by atoms with E-state index in [0.717, 1.165) is 4.90 Å². The number of halogens is 5. The zero-order chi connectivity index (χ0) is 15.4. The van der Waals surface area contributed by atoms with Crippen molar-refractivity contribution in [2.24, 2.45) is 5.73 Å². The number of rotatable bonds is 6. The fourth-order valence-electron chi connectivity index (χ4n) is 2.19. The van der Waals surface area contributed by atoms with Crippen LogP contribution in [0.5, 0.6) is 0 Å². The van der Waals surface area contributed by atoms with Crippen molar-refractivity contribution in [3.05, 3.63) is 29.1 Å². The van der Waals surface area contributed by atoms with Crippen LogP contribution in [0.25, 0.3) is 0 Å². The lowest BCUT2D eigenvalue weighted by molar-refractivity contribution is 0.374. The first-order valence-electron chi connectivity index (χ1n) is 6.38. The van der Waals surface area contributed by atoms with E-state index in [9.17, 15) is 22.0 Å². The normalized spacial score (nSPS) is 11.2. The Morgan fingerprint density at radius 3 is 1.60 bits per heavy atom. The van der Waals surface area contributed by atoms with E-state index in [1.165, 1.54) is 0 Å². The summed E-state index contributed by atoms with van der Waals surface area (Å²) in [6.45, 7) is 3.58. The zero-order valence-electron chi connectivity index (χ0n) is 11.3. The van der Waals surface area contributed by atoms with Crippen LogP contribution in [0.15, 0.2) is 0 Å².